The summed E-state index contributed by atoms with van der Waals surface area (Å²) in [5.41, 5.74) is 1.76. The van der Waals surface area contributed by atoms with Crippen LogP contribution in [0.2, 0.25) is 0 Å². The van der Waals surface area contributed by atoms with Gasteiger partial charge in [0.05, 0.1) is 18.6 Å². The van der Waals surface area contributed by atoms with Crippen molar-refractivity contribution in [2.75, 3.05) is 18.5 Å². The Balaban J connectivity index is 1.67. The molecule has 1 unspecified atom stereocenters. The Bertz CT molecular complexity index is 1200. The Kier molecular flexibility index (Phi) is 8.16. The molecule has 1 aliphatic heterocycles. The molecule has 1 saturated heterocycles. The number of nitrogens with zero attached hydrogens (tertiary/aromatic N) is 1. The van der Waals surface area contributed by atoms with E-state index in [-0.39, 0.29) is 28.6 Å². The molecule has 1 aliphatic carbocycles. The van der Waals surface area contributed by atoms with Gasteiger partial charge in [0.1, 0.15) is 17.1 Å². The summed E-state index contributed by atoms with van der Waals surface area (Å²) in [6.45, 7) is 8.99. The summed E-state index contributed by atoms with van der Waals surface area (Å²) in [4.78, 5) is 29.3. The van der Waals surface area contributed by atoms with Gasteiger partial charge in [0.2, 0.25) is 5.91 Å². The van der Waals surface area contributed by atoms with E-state index >= 15 is 0 Å². The topological polar surface area (TPSA) is 58.6 Å². The molecule has 1 fully saturated rings. The van der Waals surface area contributed by atoms with Crippen LogP contribution in [0.5, 0.6) is 5.75 Å². The first-order valence-corrected chi connectivity index (χ1v) is 13.2. The van der Waals surface area contributed by atoms with Crippen molar-refractivity contribution in [2.24, 2.45) is 11.8 Å². The molecule has 2 aromatic rings. The predicted molar refractivity (Wildman–Crippen MR) is 145 cm³/mol. The van der Waals surface area contributed by atoms with Crippen LogP contribution >= 0.6 is 0 Å². The number of rotatable bonds is 6. The molecule has 6 heteroatoms. The molecule has 2 aliphatic rings. The predicted octanol–water partition coefficient (Wildman–Crippen LogP) is 6.51. The molecule has 5 nitrogen and oxygen atoms in total. The Morgan fingerprint density at radius 1 is 1.14 bits per heavy atom. The van der Waals surface area contributed by atoms with Crippen LogP contribution < -0.4 is 10.1 Å². The average Bonchev–Trinajstić information content (AvgIpc) is 2.88. The Hall–Kier alpha value is -3.41. The first kappa shape index (κ1) is 26.6. The van der Waals surface area contributed by atoms with Gasteiger partial charge in [-0.05, 0) is 61.4 Å². The van der Waals surface area contributed by atoms with Crippen LogP contribution in [0.25, 0.3) is 0 Å². The van der Waals surface area contributed by atoms with Crippen LogP contribution in [0.15, 0.2) is 66.8 Å². The molecule has 0 aromatic heterocycles. The lowest BCUT2D eigenvalue weighted by Gasteiger charge is -2.44. The Labute approximate surface area is 219 Å². The van der Waals surface area contributed by atoms with Gasteiger partial charge in [0.25, 0.3) is 5.91 Å². The molecular weight excluding hydrogens is 467 g/mol. The SMILES string of the molecule is CCOc1cccc(F)c1C(=O)N1CCC[C@H](C(=O)Nc2cccc(C(C)(C)C)c2)[C@@H]1C1C=CC=CC1. The highest BCUT2D eigenvalue weighted by Crippen LogP contribution is 2.36. The van der Waals surface area contributed by atoms with Crippen molar-refractivity contribution in [1.29, 1.82) is 0 Å². The second-order valence-electron chi connectivity index (χ2n) is 10.8. The van der Waals surface area contributed by atoms with E-state index in [9.17, 15) is 14.0 Å². The Morgan fingerprint density at radius 2 is 1.92 bits per heavy atom. The maximum absolute atomic E-state index is 15.0. The van der Waals surface area contributed by atoms with E-state index in [1.54, 1.807) is 24.0 Å². The van der Waals surface area contributed by atoms with Crippen molar-refractivity contribution in [2.45, 2.75) is 58.4 Å². The third kappa shape index (κ3) is 5.95. The van der Waals surface area contributed by atoms with Crippen molar-refractivity contribution in [3.05, 3.63) is 83.7 Å². The lowest BCUT2D eigenvalue weighted by atomic mass is 9.77. The molecule has 0 spiro atoms. The van der Waals surface area contributed by atoms with Gasteiger partial charge >= 0.3 is 0 Å². The summed E-state index contributed by atoms with van der Waals surface area (Å²) < 4.78 is 20.6. The number of carbonyl (C=O) groups is 2. The maximum Gasteiger partial charge on any atom is 0.260 e. The average molecular weight is 505 g/mol. The molecule has 37 heavy (non-hydrogen) atoms. The number of piperidine rings is 1. The number of hydrogen-bond acceptors (Lipinski definition) is 3. The quantitative estimate of drug-likeness (QED) is 0.488. The summed E-state index contributed by atoms with van der Waals surface area (Å²) in [5, 5.41) is 3.12. The van der Waals surface area contributed by atoms with Gasteiger partial charge < -0.3 is 15.0 Å². The minimum absolute atomic E-state index is 0.0470. The first-order valence-electron chi connectivity index (χ1n) is 13.2. The van der Waals surface area contributed by atoms with Crippen molar-refractivity contribution in [3.63, 3.8) is 0 Å². The number of benzene rings is 2. The summed E-state index contributed by atoms with van der Waals surface area (Å²) in [6.07, 6.45) is 10.1. The molecule has 0 saturated carbocycles. The summed E-state index contributed by atoms with van der Waals surface area (Å²) in [7, 11) is 0. The molecule has 0 radical (unpaired) electrons. The van der Waals surface area contributed by atoms with Gasteiger partial charge in [0.15, 0.2) is 0 Å². The highest BCUT2D eigenvalue weighted by molar-refractivity contribution is 5.99. The fraction of sp³-hybridized carbons (Fsp3) is 0.419. The number of carbonyl (C=O) groups excluding carboxylic acids is 2. The number of likely N-dealkylation sites (tertiary alicyclic amines) is 1. The van der Waals surface area contributed by atoms with E-state index in [0.29, 0.717) is 32.4 Å². The summed E-state index contributed by atoms with van der Waals surface area (Å²) in [6, 6.07) is 12.0. The largest absolute Gasteiger partial charge is 0.493 e. The fourth-order valence-corrected chi connectivity index (χ4v) is 5.35. The summed E-state index contributed by atoms with van der Waals surface area (Å²) in [5.74, 6) is -1.40. The number of amides is 2. The fourth-order valence-electron chi connectivity index (χ4n) is 5.35. The number of ether oxygens (including phenoxy) is 1. The molecule has 4 rings (SSSR count). The highest BCUT2D eigenvalue weighted by Gasteiger charge is 2.43. The lowest BCUT2D eigenvalue weighted by molar-refractivity contribution is -0.123. The monoisotopic (exact) mass is 504 g/mol. The molecule has 196 valence electrons. The molecule has 2 aromatic carbocycles. The van der Waals surface area contributed by atoms with Crippen molar-refractivity contribution < 1.29 is 18.7 Å². The third-order valence-corrected chi connectivity index (χ3v) is 7.22. The van der Waals surface area contributed by atoms with E-state index in [4.69, 9.17) is 4.74 Å². The van der Waals surface area contributed by atoms with Crippen molar-refractivity contribution in [1.82, 2.24) is 4.90 Å². The minimum Gasteiger partial charge on any atom is -0.493 e. The molecule has 3 atom stereocenters. The molecule has 0 bridgehead atoms. The van der Waals surface area contributed by atoms with Crippen molar-refractivity contribution in [3.8, 4) is 5.75 Å². The number of nitrogens with one attached hydrogen (secondary N) is 1. The highest BCUT2D eigenvalue weighted by atomic mass is 19.1. The minimum atomic E-state index is -0.612. The van der Waals surface area contributed by atoms with Crippen LogP contribution in [-0.2, 0) is 10.2 Å². The Morgan fingerprint density at radius 3 is 2.62 bits per heavy atom. The second-order valence-corrected chi connectivity index (χ2v) is 10.8. The number of halogens is 1. The van der Waals surface area contributed by atoms with Gasteiger partial charge in [-0.2, -0.15) is 0 Å². The van der Waals surface area contributed by atoms with Crippen molar-refractivity contribution >= 4 is 17.5 Å². The summed E-state index contributed by atoms with van der Waals surface area (Å²) >= 11 is 0. The van der Waals surface area contributed by atoms with Crippen LogP contribution in [0.1, 0.15) is 62.9 Å². The molecule has 2 amide bonds. The number of hydrogen-bond donors (Lipinski definition) is 1. The van der Waals surface area contributed by atoms with Gasteiger partial charge in [-0.3, -0.25) is 9.59 Å². The normalized spacial score (nSPS) is 21.5. The maximum atomic E-state index is 15.0. The van der Waals surface area contributed by atoms with E-state index in [2.05, 4.69) is 44.3 Å². The van der Waals surface area contributed by atoms with Gasteiger partial charge in [-0.15, -0.1) is 0 Å². The number of anilines is 1. The zero-order valence-electron chi connectivity index (χ0n) is 22.2. The molecule has 1 N–H and O–H groups in total. The van der Waals surface area contributed by atoms with Gasteiger partial charge in [0, 0.05) is 18.2 Å². The smallest absolute Gasteiger partial charge is 0.260 e. The standard InChI is InChI=1S/C31H37FN2O3/c1-5-37-26-18-10-17-25(32)27(26)30(36)34-19-11-16-24(28(34)21-12-7-6-8-13-21)29(35)33-23-15-9-14-22(20-23)31(2,3)4/h6-10,12,14-15,17-18,20-21,24,28H,5,11,13,16,19H2,1-4H3,(H,33,35)/t21?,24-,28-/m0/s1. The second kappa shape index (κ2) is 11.3. The van der Waals surface area contributed by atoms with Crippen LogP contribution in [0.3, 0.4) is 0 Å². The number of allylic oxidation sites excluding steroid dienone is 3. The first-order chi connectivity index (χ1) is 17.7. The van der Waals surface area contributed by atoms with E-state index in [1.807, 2.05) is 30.4 Å². The van der Waals surface area contributed by atoms with E-state index < -0.39 is 23.7 Å². The zero-order valence-corrected chi connectivity index (χ0v) is 22.2. The molecular formula is C31H37FN2O3. The third-order valence-electron chi connectivity index (χ3n) is 7.22. The van der Waals surface area contributed by atoms with E-state index in [0.717, 1.165) is 11.3 Å². The van der Waals surface area contributed by atoms with Crippen LogP contribution in [0, 0.1) is 17.7 Å². The molecule has 1 heterocycles. The lowest BCUT2D eigenvalue weighted by Crippen LogP contribution is -2.55. The van der Waals surface area contributed by atoms with Gasteiger partial charge in [-0.25, -0.2) is 4.39 Å². The van der Waals surface area contributed by atoms with E-state index in [1.165, 1.54) is 6.07 Å². The van der Waals surface area contributed by atoms with Crippen LogP contribution in [-0.4, -0.2) is 35.9 Å². The van der Waals surface area contributed by atoms with Crippen LogP contribution in [0.4, 0.5) is 10.1 Å². The van der Waals surface area contributed by atoms with Gasteiger partial charge in [-0.1, -0.05) is 63.3 Å². The zero-order chi connectivity index (χ0) is 26.6.